The van der Waals surface area contributed by atoms with E-state index in [0.29, 0.717) is 5.13 Å². The average molecular weight is 320 g/mol. The molecule has 0 unspecified atom stereocenters. The molecule has 22 heavy (non-hydrogen) atoms. The predicted molar refractivity (Wildman–Crippen MR) is 84.4 cm³/mol. The zero-order valence-electron chi connectivity index (χ0n) is 12.3. The number of aromatic nitrogens is 1. The number of thiazole rings is 1. The molecule has 0 fully saturated rings. The van der Waals surface area contributed by atoms with Crippen molar-refractivity contribution in [1.82, 2.24) is 4.98 Å². The number of anilines is 1. The maximum atomic E-state index is 11.9. The quantitative estimate of drug-likeness (QED) is 0.885. The molecular formula is C15H16N2O4S. The lowest BCUT2D eigenvalue weighted by Crippen LogP contribution is -2.26. The van der Waals surface area contributed by atoms with Crippen LogP contribution >= 0.6 is 11.3 Å². The Morgan fingerprint density at radius 3 is 2.55 bits per heavy atom. The van der Waals surface area contributed by atoms with Crippen LogP contribution in [-0.2, 0) is 9.59 Å². The lowest BCUT2D eigenvalue weighted by atomic mass is 10.2. The number of ether oxygens (including phenoxy) is 1. The van der Waals surface area contributed by atoms with Crippen LogP contribution in [-0.4, -0.2) is 36.1 Å². The number of rotatable bonds is 6. The molecule has 2 rings (SSSR count). The fourth-order valence-corrected chi connectivity index (χ4v) is 2.62. The molecule has 2 aromatic rings. The van der Waals surface area contributed by atoms with Gasteiger partial charge in [-0.25, -0.2) is 4.98 Å². The van der Waals surface area contributed by atoms with Crippen LogP contribution < -0.4 is 9.64 Å². The third-order valence-corrected chi connectivity index (χ3v) is 4.01. The number of hydrogen-bond donors (Lipinski definition) is 1. The van der Waals surface area contributed by atoms with E-state index in [2.05, 4.69) is 4.98 Å². The highest BCUT2D eigenvalue weighted by molar-refractivity contribution is 7.14. The van der Waals surface area contributed by atoms with E-state index >= 15 is 0 Å². The van der Waals surface area contributed by atoms with Gasteiger partial charge in [0.1, 0.15) is 5.75 Å². The fraction of sp³-hybridized carbons (Fsp3) is 0.267. The van der Waals surface area contributed by atoms with Gasteiger partial charge in [-0.3, -0.25) is 14.5 Å². The minimum absolute atomic E-state index is 0.0384. The number of benzene rings is 1. The maximum absolute atomic E-state index is 11.9. The van der Waals surface area contributed by atoms with Gasteiger partial charge in [-0.1, -0.05) is 0 Å². The first-order valence-corrected chi connectivity index (χ1v) is 7.47. The number of methoxy groups -OCH3 is 1. The Kier molecular flexibility index (Phi) is 5.11. The normalized spacial score (nSPS) is 10.3. The van der Waals surface area contributed by atoms with Crippen molar-refractivity contribution in [3.8, 4) is 17.0 Å². The van der Waals surface area contributed by atoms with E-state index in [0.717, 1.165) is 17.0 Å². The molecule has 0 atom stereocenters. The summed E-state index contributed by atoms with van der Waals surface area (Å²) >= 11 is 1.34. The summed E-state index contributed by atoms with van der Waals surface area (Å²) in [6.07, 6.45) is -0.219. The Labute approximate surface area is 132 Å². The number of aliphatic carboxylic acids is 1. The number of amides is 1. The molecule has 0 radical (unpaired) electrons. The molecule has 0 aliphatic rings. The van der Waals surface area contributed by atoms with Crippen LogP contribution in [0.2, 0.25) is 0 Å². The van der Waals surface area contributed by atoms with Gasteiger partial charge in [0.15, 0.2) is 5.13 Å². The smallest absolute Gasteiger partial charge is 0.303 e. The number of carboxylic acids is 1. The van der Waals surface area contributed by atoms with Crippen molar-refractivity contribution >= 4 is 28.3 Å². The summed E-state index contributed by atoms with van der Waals surface area (Å²) in [4.78, 5) is 28.2. The third kappa shape index (κ3) is 3.82. The van der Waals surface area contributed by atoms with Gasteiger partial charge in [0.05, 0.1) is 19.2 Å². The maximum Gasteiger partial charge on any atom is 0.303 e. The van der Waals surface area contributed by atoms with Crippen molar-refractivity contribution in [3.63, 3.8) is 0 Å². The van der Waals surface area contributed by atoms with E-state index in [1.165, 1.54) is 16.2 Å². The van der Waals surface area contributed by atoms with E-state index in [9.17, 15) is 9.59 Å². The third-order valence-electron chi connectivity index (χ3n) is 3.09. The summed E-state index contributed by atoms with van der Waals surface area (Å²) in [6.45, 7) is 0. The lowest BCUT2D eigenvalue weighted by Gasteiger charge is -2.12. The fourth-order valence-electron chi connectivity index (χ4n) is 1.80. The molecule has 1 aromatic carbocycles. The molecule has 1 amide bonds. The number of carbonyl (C=O) groups excluding carboxylic acids is 1. The van der Waals surface area contributed by atoms with Gasteiger partial charge in [-0.2, -0.15) is 0 Å². The summed E-state index contributed by atoms with van der Waals surface area (Å²) < 4.78 is 5.11. The van der Waals surface area contributed by atoms with Gasteiger partial charge in [-0.15, -0.1) is 11.3 Å². The number of carbonyl (C=O) groups is 2. The summed E-state index contributed by atoms with van der Waals surface area (Å²) in [7, 11) is 3.20. The molecule has 1 aromatic heterocycles. The lowest BCUT2D eigenvalue weighted by molar-refractivity contribution is -0.138. The predicted octanol–water partition coefficient (Wildman–Crippen LogP) is 2.65. The Morgan fingerprint density at radius 1 is 1.27 bits per heavy atom. The highest BCUT2D eigenvalue weighted by Crippen LogP contribution is 2.28. The molecular weight excluding hydrogens is 304 g/mol. The van der Waals surface area contributed by atoms with Gasteiger partial charge < -0.3 is 9.84 Å². The second-order valence-electron chi connectivity index (χ2n) is 4.59. The van der Waals surface area contributed by atoms with Crippen LogP contribution in [0.1, 0.15) is 12.8 Å². The van der Waals surface area contributed by atoms with E-state index in [1.54, 1.807) is 14.2 Å². The molecule has 116 valence electrons. The van der Waals surface area contributed by atoms with Crippen LogP contribution in [0.5, 0.6) is 5.75 Å². The zero-order valence-corrected chi connectivity index (χ0v) is 13.1. The largest absolute Gasteiger partial charge is 0.497 e. The summed E-state index contributed by atoms with van der Waals surface area (Å²) in [5, 5.41) is 11.0. The molecule has 7 heteroatoms. The van der Waals surface area contributed by atoms with Crippen LogP contribution in [0.15, 0.2) is 29.6 Å². The molecule has 0 spiro atoms. The molecule has 1 heterocycles. The van der Waals surface area contributed by atoms with Crippen molar-refractivity contribution < 1.29 is 19.4 Å². The van der Waals surface area contributed by atoms with Crippen LogP contribution in [0.4, 0.5) is 5.13 Å². The van der Waals surface area contributed by atoms with Crippen LogP contribution in [0.25, 0.3) is 11.3 Å². The standard InChI is InChI=1S/C15H16N2O4S/c1-17(13(18)7-8-14(19)20)15-16-12(9-22-15)10-3-5-11(21-2)6-4-10/h3-6,9H,7-8H2,1-2H3,(H,19,20). The average Bonchev–Trinajstić information content (AvgIpc) is 3.01. The Balaban J connectivity index is 2.09. The van der Waals surface area contributed by atoms with Crippen LogP contribution in [0.3, 0.4) is 0 Å². The van der Waals surface area contributed by atoms with E-state index in [1.807, 2.05) is 29.6 Å². The number of carboxylic acid groups (broad SMARTS) is 1. The SMILES string of the molecule is COc1ccc(-c2csc(N(C)C(=O)CCC(=O)O)n2)cc1. The first-order valence-electron chi connectivity index (χ1n) is 6.59. The highest BCUT2D eigenvalue weighted by Gasteiger charge is 2.16. The second kappa shape index (κ2) is 7.04. The highest BCUT2D eigenvalue weighted by atomic mass is 32.1. The minimum atomic E-state index is -0.986. The van der Waals surface area contributed by atoms with Crippen molar-refractivity contribution in [2.45, 2.75) is 12.8 Å². The number of hydrogen-bond acceptors (Lipinski definition) is 5. The van der Waals surface area contributed by atoms with Gasteiger partial charge in [0.2, 0.25) is 5.91 Å². The second-order valence-corrected chi connectivity index (χ2v) is 5.43. The molecule has 6 nitrogen and oxygen atoms in total. The van der Waals surface area contributed by atoms with E-state index in [-0.39, 0.29) is 18.7 Å². The summed E-state index contributed by atoms with van der Waals surface area (Å²) in [5.74, 6) is -0.488. The molecule has 0 saturated carbocycles. The Morgan fingerprint density at radius 2 is 1.95 bits per heavy atom. The van der Waals surface area contributed by atoms with Crippen molar-refractivity contribution in [2.24, 2.45) is 0 Å². The Hall–Kier alpha value is -2.41. The van der Waals surface area contributed by atoms with Gasteiger partial charge in [0, 0.05) is 24.4 Å². The van der Waals surface area contributed by atoms with Crippen molar-refractivity contribution in [3.05, 3.63) is 29.6 Å². The van der Waals surface area contributed by atoms with Crippen molar-refractivity contribution in [2.75, 3.05) is 19.1 Å². The monoisotopic (exact) mass is 320 g/mol. The van der Waals surface area contributed by atoms with Gasteiger partial charge in [-0.05, 0) is 24.3 Å². The topological polar surface area (TPSA) is 79.7 Å². The molecule has 1 N–H and O–H groups in total. The summed E-state index contributed by atoms with van der Waals surface area (Å²) in [6, 6.07) is 7.47. The molecule has 0 aliphatic carbocycles. The summed E-state index contributed by atoms with van der Waals surface area (Å²) in [5.41, 5.74) is 1.69. The molecule has 0 saturated heterocycles. The first kappa shape index (κ1) is 16.0. The van der Waals surface area contributed by atoms with Crippen molar-refractivity contribution in [1.29, 1.82) is 0 Å². The molecule has 0 bridgehead atoms. The molecule has 0 aliphatic heterocycles. The zero-order chi connectivity index (χ0) is 16.1. The minimum Gasteiger partial charge on any atom is -0.497 e. The van der Waals surface area contributed by atoms with E-state index in [4.69, 9.17) is 9.84 Å². The Bertz CT molecular complexity index is 666. The first-order chi connectivity index (χ1) is 10.5. The van der Waals surface area contributed by atoms with E-state index < -0.39 is 5.97 Å². The number of nitrogens with zero attached hydrogens (tertiary/aromatic N) is 2. The van der Waals surface area contributed by atoms with Gasteiger partial charge >= 0.3 is 5.97 Å². The van der Waals surface area contributed by atoms with Crippen LogP contribution in [0, 0.1) is 0 Å². The van der Waals surface area contributed by atoms with Gasteiger partial charge in [0.25, 0.3) is 0 Å².